The summed E-state index contributed by atoms with van der Waals surface area (Å²) in [6.07, 6.45) is 3.26. The normalized spacial score (nSPS) is 12.2. The Balaban J connectivity index is 2.65. The highest BCUT2D eigenvalue weighted by Gasteiger charge is 2.10. The summed E-state index contributed by atoms with van der Waals surface area (Å²) in [6.45, 7) is 1.80. The number of hydrogen-bond donors (Lipinski definition) is 1. The quantitative estimate of drug-likeness (QED) is 0.856. The summed E-state index contributed by atoms with van der Waals surface area (Å²) < 4.78 is 0.803. The van der Waals surface area contributed by atoms with Gasteiger partial charge in [-0.25, -0.2) is 9.97 Å². The molecule has 0 aliphatic heterocycles. The van der Waals surface area contributed by atoms with Crippen molar-refractivity contribution in [2.75, 3.05) is 5.88 Å². The summed E-state index contributed by atoms with van der Waals surface area (Å²) >= 11 is 8.57. The number of rotatable bonds is 3. The third-order valence-corrected chi connectivity index (χ3v) is 2.18. The number of nitrogens with zero attached hydrogens (tertiary/aromatic N) is 2. The smallest absolute Gasteiger partial charge is 0.235 e. The summed E-state index contributed by atoms with van der Waals surface area (Å²) in [5.74, 6) is 0.276. The maximum atomic E-state index is 11.0. The lowest BCUT2D eigenvalue weighted by Gasteiger charge is -2.10. The molecule has 4 nitrogen and oxygen atoms in total. The van der Waals surface area contributed by atoms with E-state index in [0.717, 1.165) is 4.47 Å². The lowest BCUT2D eigenvalue weighted by Crippen LogP contribution is -2.28. The molecule has 1 N–H and O–H groups in total. The third kappa shape index (κ3) is 3.23. The maximum Gasteiger partial charge on any atom is 0.235 e. The Hall–Kier alpha value is -0.680. The number of amides is 1. The van der Waals surface area contributed by atoms with Gasteiger partial charge in [-0.3, -0.25) is 4.79 Å². The van der Waals surface area contributed by atoms with Gasteiger partial charge in [-0.05, 0) is 22.9 Å². The Morgan fingerprint density at radius 2 is 2.21 bits per heavy atom. The molecule has 0 aromatic carbocycles. The first-order valence-electron chi connectivity index (χ1n) is 3.96. The van der Waals surface area contributed by atoms with Gasteiger partial charge in [0.2, 0.25) is 5.91 Å². The number of aromatic nitrogens is 2. The standard InChI is InChI=1S/C8H9BrClN3O/c1-5(13-7(14)2-10)8-11-3-6(9)4-12-8/h3-5H,2H2,1H3,(H,13,14)/t5-/m0/s1. The molecule has 1 aromatic rings. The van der Waals surface area contributed by atoms with Crippen LogP contribution in [-0.2, 0) is 4.79 Å². The second-order valence-corrected chi connectivity index (χ2v) is 3.87. The molecule has 0 saturated heterocycles. The molecule has 0 radical (unpaired) electrons. The monoisotopic (exact) mass is 277 g/mol. The lowest BCUT2D eigenvalue weighted by atomic mass is 10.3. The van der Waals surface area contributed by atoms with Crippen LogP contribution >= 0.6 is 27.5 Å². The largest absolute Gasteiger partial charge is 0.345 e. The minimum Gasteiger partial charge on any atom is -0.345 e. The minimum absolute atomic E-state index is 0.0547. The number of carbonyl (C=O) groups excluding carboxylic acids is 1. The average Bonchev–Trinajstić information content (AvgIpc) is 2.18. The fourth-order valence-electron chi connectivity index (χ4n) is 0.890. The third-order valence-electron chi connectivity index (χ3n) is 1.53. The molecule has 0 spiro atoms. The molecule has 0 unspecified atom stereocenters. The number of carbonyl (C=O) groups is 1. The molecule has 0 aliphatic rings. The SMILES string of the molecule is C[C@H](NC(=O)CCl)c1ncc(Br)cn1. The molecule has 1 rings (SSSR count). The zero-order valence-electron chi connectivity index (χ0n) is 7.50. The average molecular weight is 279 g/mol. The summed E-state index contributed by atoms with van der Waals surface area (Å²) in [5.41, 5.74) is 0. The van der Waals surface area contributed by atoms with E-state index < -0.39 is 0 Å². The van der Waals surface area contributed by atoms with Gasteiger partial charge in [-0.15, -0.1) is 11.6 Å². The Bertz CT molecular complexity index is 317. The molecular formula is C8H9BrClN3O. The van der Waals surface area contributed by atoms with Crippen molar-refractivity contribution in [1.29, 1.82) is 0 Å². The van der Waals surface area contributed by atoms with Crippen LogP contribution < -0.4 is 5.32 Å². The van der Waals surface area contributed by atoms with Crippen molar-refractivity contribution < 1.29 is 4.79 Å². The van der Waals surface area contributed by atoms with E-state index in [2.05, 4.69) is 31.2 Å². The summed E-state index contributed by atoms with van der Waals surface area (Å²) in [4.78, 5) is 19.1. The van der Waals surface area contributed by atoms with Crippen molar-refractivity contribution >= 4 is 33.4 Å². The zero-order chi connectivity index (χ0) is 10.6. The highest BCUT2D eigenvalue weighted by Crippen LogP contribution is 2.09. The van der Waals surface area contributed by atoms with Gasteiger partial charge in [0.15, 0.2) is 0 Å². The van der Waals surface area contributed by atoms with E-state index >= 15 is 0 Å². The van der Waals surface area contributed by atoms with Gasteiger partial charge in [-0.2, -0.15) is 0 Å². The predicted octanol–water partition coefficient (Wildman–Crippen LogP) is 1.66. The van der Waals surface area contributed by atoms with Crippen LogP contribution in [0.4, 0.5) is 0 Å². The predicted molar refractivity (Wildman–Crippen MR) is 57.0 cm³/mol. The van der Waals surface area contributed by atoms with Crippen molar-refractivity contribution in [1.82, 2.24) is 15.3 Å². The summed E-state index contributed by atoms with van der Waals surface area (Å²) in [6, 6.07) is -0.227. The highest BCUT2D eigenvalue weighted by molar-refractivity contribution is 9.10. The van der Waals surface area contributed by atoms with Crippen molar-refractivity contribution in [2.45, 2.75) is 13.0 Å². The van der Waals surface area contributed by atoms with Crippen LogP contribution in [0.1, 0.15) is 18.8 Å². The van der Waals surface area contributed by atoms with Crippen LogP contribution in [0.25, 0.3) is 0 Å². The van der Waals surface area contributed by atoms with Gasteiger partial charge in [-0.1, -0.05) is 0 Å². The van der Waals surface area contributed by atoms with Gasteiger partial charge in [0.1, 0.15) is 11.7 Å². The van der Waals surface area contributed by atoms with Crippen LogP contribution in [0.3, 0.4) is 0 Å². The molecule has 0 fully saturated rings. The van der Waals surface area contributed by atoms with Crippen molar-refractivity contribution in [3.8, 4) is 0 Å². The number of halogens is 2. The van der Waals surface area contributed by atoms with E-state index in [1.807, 2.05) is 0 Å². The second-order valence-electron chi connectivity index (χ2n) is 2.68. The van der Waals surface area contributed by atoms with Crippen LogP contribution in [0.5, 0.6) is 0 Å². The molecule has 0 saturated carbocycles. The first kappa shape index (κ1) is 11.4. The molecule has 1 amide bonds. The van der Waals surface area contributed by atoms with Gasteiger partial charge < -0.3 is 5.32 Å². The van der Waals surface area contributed by atoms with E-state index in [1.165, 1.54) is 0 Å². The highest BCUT2D eigenvalue weighted by atomic mass is 79.9. The fourth-order valence-corrected chi connectivity index (χ4v) is 1.17. The minimum atomic E-state index is -0.231. The van der Waals surface area contributed by atoms with Gasteiger partial charge in [0.25, 0.3) is 0 Å². The van der Waals surface area contributed by atoms with Crippen LogP contribution in [-0.4, -0.2) is 21.8 Å². The molecule has 6 heteroatoms. The Morgan fingerprint density at radius 1 is 1.64 bits per heavy atom. The van der Waals surface area contributed by atoms with E-state index in [9.17, 15) is 4.79 Å². The van der Waals surface area contributed by atoms with E-state index in [0.29, 0.717) is 5.82 Å². The summed E-state index contributed by atoms with van der Waals surface area (Å²) in [5, 5.41) is 2.65. The van der Waals surface area contributed by atoms with E-state index in [-0.39, 0.29) is 17.8 Å². The first-order valence-corrected chi connectivity index (χ1v) is 5.29. The first-order chi connectivity index (χ1) is 6.63. The number of hydrogen-bond acceptors (Lipinski definition) is 3. The molecular weight excluding hydrogens is 269 g/mol. The maximum absolute atomic E-state index is 11.0. The molecule has 1 atom stereocenters. The van der Waals surface area contributed by atoms with Crippen molar-refractivity contribution in [3.63, 3.8) is 0 Å². The molecule has 14 heavy (non-hydrogen) atoms. The molecule has 1 heterocycles. The zero-order valence-corrected chi connectivity index (χ0v) is 9.84. The van der Waals surface area contributed by atoms with Gasteiger partial charge >= 0.3 is 0 Å². The van der Waals surface area contributed by atoms with E-state index in [1.54, 1.807) is 19.3 Å². The second kappa shape index (κ2) is 5.26. The molecule has 0 aliphatic carbocycles. The Morgan fingerprint density at radius 3 is 2.71 bits per heavy atom. The van der Waals surface area contributed by atoms with Crippen molar-refractivity contribution in [3.05, 3.63) is 22.7 Å². The fraction of sp³-hybridized carbons (Fsp3) is 0.375. The molecule has 76 valence electrons. The molecule has 0 bridgehead atoms. The number of nitrogens with one attached hydrogen (secondary N) is 1. The van der Waals surface area contributed by atoms with Gasteiger partial charge in [0.05, 0.1) is 10.5 Å². The van der Waals surface area contributed by atoms with E-state index in [4.69, 9.17) is 11.6 Å². The Kier molecular flexibility index (Phi) is 4.28. The Labute approximate surface area is 95.2 Å². The lowest BCUT2D eigenvalue weighted by molar-refractivity contribution is -0.119. The topological polar surface area (TPSA) is 54.9 Å². The van der Waals surface area contributed by atoms with Crippen LogP contribution in [0, 0.1) is 0 Å². The van der Waals surface area contributed by atoms with Crippen molar-refractivity contribution in [2.24, 2.45) is 0 Å². The van der Waals surface area contributed by atoms with Crippen LogP contribution in [0.15, 0.2) is 16.9 Å². The number of alkyl halides is 1. The molecule has 1 aromatic heterocycles. The summed E-state index contributed by atoms with van der Waals surface area (Å²) in [7, 11) is 0. The van der Waals surface area contributed by atoms with Crippen LogP contribution in [0.2, 0.25) is 0 Å². The van der Waals surface area contributed by atoms with Gasteiger partial charge in [0, 0.05) is 12.4 Å².